The van der Waals surface area contributed by atoms with Gasteiger partial charge in [0.25, 0.3) is 0 Å². The quantitative estimate of drug-likeness (QED) is 0.759. The van der Waals surface area contributed by atoms with Crippen LogP contribution in [0.1, 0.15) is 32.8 Å². The van der Waals surface area contributed by atoms with E-state index in [-0.39, 0.29) is 10.8 Å². The number of benzene rings is 1. The van der Waals surface area contributed by atoms with Crippen LogP contribution in [0.4, 0.5) is 5.69 Å². The van der Waals surface area contributed by atoms with Gasteiger partial charge in [0, 0.05) is 29.6 Å². The fourth-order valence-corrected chi connectivity index (χ4v) is 3.44. The number of allylic oxidation sites excluding steroid dienone is 3. The van der Waals surface area contributed by atoms with Gasteiger partial charge < -0.3 is 4.90 Å². The Hall–Kier alpha value is -1.50. The van der Waals surface area contributed by atoms with Crippen LogP contribution in [0, 0.1) is 5.41 Å². The molecular weight excluding hydrogens is 230 g/mol. The molecule has 100 valence electrons. The van der Waals surface area contributed by atoms with E-state index in [1.54, 1.807) is 0 Å². The van der Waals surface area contributed by atoms with E-state index in [0.29, 0.717) is 0 Å². The van der Waals surface area contributed by atoms with E-state index in [2.05, 4.69) is 74.2 Å². The zero-order valence-corrected chi connectivity index (χ0v) is 12.2. The lowest BCUT2D eigenvalue weighted by atomic mass is 9.83. The van der Waals surface area contributed by atoms with Crippen molar-refractivity contribution in [2.75, 3.05) is 18.0 Å². The number of rotatable bonds is 2. The van der Waals surface area contributed by atoms with Crippen LogP contribution in [0.25, 0.3) is 0 Å². The summed E-state index contributed by atoms with van der Waals surface area (Å²) in [5.41, 5.74) is 3.45. The molecule has 1 aromatic carbocycles. The molecule has 0 N–H and O–H groups in total. The first-order valence-electron chi connectivity index (χ1n) is 7.19. The van der Waals surface area contributed by atoms with Crippen molar-refractivity contribution in [3.05, 3.63) is 54.1 Å². The van der Waals surface area contributed by atoms with Crippen molar-refractivity contribution in [1.29, 1.82) is 0 Å². The highest BCUT2D eigenvalue weighted by Gasteiger charge is 2.37. The van der Waals surface area contributed by atoms with Gasteiger partial charge in [-0.1, -0.05) is 63.3 Å². The monoisotopic (exact) mass is 253 g/mol. The third kappa shape index (κ3) is 2.22. The molecule has 0 bridgehead atoms. The highest BCUT2D eigenvalue weighted by Crippen LogP contribution is 2.42. The van der Waals surface area contributed by atoms with Gasteiger partial charge in [-0.25, -0.2) is 0 Å². The fraction of sp³-hybridized carbons (Fsp3) is 0.444. The predicted molar refractivity (Wildman–Crippen MR) is 82.7 cm³/mol. The van der Waals surface area contributed by atoms with Crippen LogP contribution in [-0.2, 0) is 5.41 Å². The standard InChI is InChI=1S/C18H23N/c1-17(2)13-19(16-10-6-5-9-15(16)17)14-18(3)11-7-4-8-12-18/h4-11H,12-14H2,1-3H3. The van der Waals surface area contributed by atoms with Gasteiger partial charge in [-0.05, 0) is 18.1 Å². The molecule has 0 spiro atoms. The average molecular weight is 253 g/mol. The summed E-state index contributed by atoms with van der Waals surface area (Å²) in [6.45, 7) is 9.30. The Kier molecular flexibility index (Phi) is 2.81. The van der Waals surface area contributed by atoms with Gasteiger partial charge in [-0.3, -0.25) is 0 Å². The fourth-order valence-electron chi connectivity index (χ4n) is 3.44. The number of anilines is 1. The topological polar surface area (TPSA) is 3.24 Å². The Balaban J connectivity index is 1.88. The molecular formula is C18H23N. The van der Waals surface area contributed by atoms with E-state index in [9.17, 15) is 0 Å². The average Bonchev–Trinajstić information content (AvgIpc) is 2.62. The summed E-state index contributed by atoms with van der Waals surface area (Å²) in [5.74, 6) is 0. The second-order valence-electron chi connectivity index (χ2n) is 6.90. The minimum absolute atomic E-state index is 0.265. The van der Waals surface area contributed by atoms with Crippen LogP contribution in [0.15, 0.2) is 48.6 Å². The lowest BCUT2D eigenvalue weighted by Crippen LogP contribution is -2.37. The Morgan fingerprint density at radius 1 is 1.11 bits per heavy atom. The maximum absolute atomic E-state index is 2.57. The van der Waals surface area contributed by atoms with Gasteiger partial charge in [-0.15, -0.1) is 0 Å². The second kappa shape index (κ2) is 4.26. The summed E-state index contributed by atoms with van der Waals surface area (Å²) >= 11 is 0. The first kappa shape index (κ1) is 12.5. The number of fused-ring (bicyclic) bond motifs is 1. The molecule has 0 radical (unpaired) electrons. The van der Waals surface area contributed by atoms with Gasteiger partial charge >= 0.3 is 0 Å². The lowest BCUT2D eigenvalue weighted by molar-refractivity contribution is 0.415. The van der Waals surface area contributed by atoms with Crippen molar-refractivity contribution < 1.29 is 0 Å². The highest BCUT2D eigenvalue weighted by molar-refractivity contribution is 5.62. The summed E-state index contributed by atoms with van der Waals surface area (Å²) in [5, 5.41) is 0. The first-order chi connectivity index (χ1) is 9.00. The zero-order chi connectivity index (χ0) is 13.5. The van der Waals surface area contributed by atoms with Crippen LogP contribution in [0.2, 0.25) is 0 Å². The van der Waals surface area contributed by atoms with E-state index >= 15 is 0 Å². The Morgan fingerprint density at radius 2 is 1.89 bits per heavy atom. The molecule has 1 nitrogen and oxygen atoms in total. The Morgan fingerprint density at radius 3 is 2.63 bits per heavy atom. The van der Waals surface area contributed by atoms with E-state index in [0.717, 1.165) is 19.5 Å². The van der Waals surface area contributed by atoms with E-state index in [1.807, 2.05) is 0 Å². The number of nitrogens with zero attached hydrogens (tertiary/aromatic N) is 1. The first-order valence-corrected chi connectivity index (χ1v) is 7.19. The molecule has 0 saturated carbocycles. The van der Waals surface area contributed by atoms with Crippen molar-refractivity contribution in [2.45, 2.75) is 32.6 Å². The summed E-state index contributed by atoms with van der Waals surface area (Å²) < 4.78 is 0. The lowest BCUT2D eigenvalue weighted by Gasteiger charge is -2.34. The molecule has 1 aromatic rings. The van der Waals surface area contributed by atoms with E-state index in [1.165, 1.54) is 11.3 Å². The van der Waals surface area contributed by atoms with Crippen LogP contribution < -0.4 is 4.90 Å². The summed E-state index contributed by atoms with van der Waals surface area (Å²) in [6, 6.07) is 8.88. The molecule has 1 unspecified atom stereocenters. The molecule has 1 atom stereocenters. The molecule has 1 heteroatoms. The van der Waals surface area contributed by atoms with E-state index < -0.39 is 0 Å². The number of hydrogen-bond donors (Lipinski definition) is 0. The van der Waals surface area contributed by atoms with Crippen molar-refractivity contribution >= 4 is 5.69 Å². The van der Waals surface area contributed by atoms with Gasteiger partial charge in [0.1, 0.15) is 0 Å². The van der Waals surface area contributed by atoms with Gasteiger partial charge in [-0.2, -0.15) is 0 Å². The molecule has 2 aliphatic rings. The normalized spacial score (nSPS) is 27.6. The zero-order valence-electron chi connectivity index (χ0n) is 12.2. The third-order valence-electron chi connectivity index (χ3n) is 4.44. The van der Waals surface area contributed by atoms with Crippen molar-refractivity contribution in [1.82, 2.24) is 0 Å². The Labute approximate surface area is 116 Å². The van der Waals surface area contributed by atoms with Gasteiger partial charge in [0.2, 0.25) is 0 Å². The smallest absolute Gasteiger partial charge is 0.0405 e. The van der Waals surface area contributed by atoms with Gasteiger partial charge in [0.15, 0.2) is 0 Å². The molecule has 0 amide bonds. The van der Waals surface area contributed by atoms with Crippen LogP contribution in [0.3, 0.4) is 0 Å². The van der Waals surface area contributed by atoms with Crippen LogP contribution >= 0.6 is 0 Å². The summed E-state index contributed by atoms with van der Waals surface area (Å²) in [6.07, 6.45) is 10.1. The van der Waals surface area contributed by atoms with Crippen LogP contribution in [-0.4, -0.2) is 13.1 Å². The van der Waals surface area contributed by atoms with Crippen molar-refractivity contribution in [2.24, 2.45) is 5.41 Å². The molecule has 1 heterocycles. The predicted octanol–water partition coefficient (Wildman–Crippen LogP) is 4.31. The molecule has 3 rings (SSSR count). The largest absolute Gasteiger partial charge is 0.370 e. The Bertz CT molecular complexity index is 538. The van der Waals surface area contributed by atoms with Crippen LogP contribution in [0.5, 0.6) is 0 Å². The minimum atomic E-state index is 0.265. The maximum atomic E-state index is 2.57. The SMILES string of the molecule is CC1(CN2CC(C)(C)c3ccccc32)C=CC=CC1. The maximum Gasteiger partial charge on any atom is 0.0405 e. The molecule has 1 aliphatic heterocycles. The molecule has 0 saturated heterocycles. The summed E-state index contributed by atoms with van der Waals surface area (Å²) in [7, 11) is 0. The summed E-state index contributed by atoms with van der Waals surface area (Å²) in [4.78, 5) is 2.57. The van der Waals surface area contributed by atoms with E-state index in [4.69, 9.17) is 0 Å². The number of hydrogen-bond acceptors (Lipinski definition) is 1. The molecule has 1 aliphatic carbocycles. The third-order valence-corrected chi connectivity index (χ3v) is 4.44. The minimum Gasteiger partial charge on any atom is -0.370 e. The van der Waals surface area contributed by atoms with Crippen molar-refractivity contribution in [3.8, 4) is 0 Å². The van der Waals surface area contributed by atoms with Gasteiger partial charge in [0.05, 0.1) is 0 Å². The number of para-hydroxylation sites is 1. The second-order valence-corrected chi connectivity index (χ2v) is 6.90. The highest BCUT2D eigenvalue weighted by atomic mass is 15.2. The molecule has 0 fully saturated rings. The van der Waals surface area contributed by atoms with Crippen molar-refractivity contribution in [3.63, 3.8) is 0 Å². The molecule has 19 heavy (non-hydrogen) atoms. The molecule has 0 aromatic heterocycles.